The van der Waals surface area contributed by atoms with E-state index in [0.717, 1.165) is 11.8 Å². The molecular weight excluding hydrogens is 812 g/mol. The SMILES string of the molecule is CCC(C)N(C(=O)O)[C@@H]1C(=O)N2[C@@H](C[C@@](C)(Oc3nc(OC)cc4cc(OC)ccc34)C2(F)F)C(=O)N[C@]2(C(=O)NS(=O)(=O)C3(CF)CC3)C[C@H]2/C=C\CC[C@@H](C)C[C@H]1C. The number of allylic oxidation sites excluding steroid dienone is 1. The zero-order chi connectivity index (χ0) is 44.2. The normalized spacial score (nSPS) is 31.0. The predicted molar refractivity (Wildman–Crippen MR) is 213 cm³/mol. The molecule has 8 atom stereocenters. The molecule has 4 aliphatic rings. The first-order chi connectivity index (χ1) is 28.1. The van der Waals surface area contributed by atoms with Crippen LogP contribution in [0.3, 0.4) is 0 Å². The fraction of sp³-hybridized carbons (Fsp3) is 0.634. The molecule has 6 rings (SSSR count). The number of fused-ring (bicyclic) bond motifs is 3. The lowest BCUT2D eigenvalue weighted by atomic mass is 9.86. The van der Waals surface area contributed by atoms with Crippen LogP contribution >= 0.6 is 0 Å². The number of carboxylic acid groups (broad SMARTS) is 1. The van der Waals surface area contributed by atoms with Crippen molar-refractivity contribution in [3.8, 4) is 17.5 Å². The van der Waals surface area contributed by atoms with E-state index in [4.69, 9.17) is 14.2 Å². The zero-order valence-electron chi connectivity index (χ0n) is 34.8. The number of carbonyl (C=O) groups is 4. The summed E-state index contributed by atoms with van der Waals surface area (Å²) in [7, 11) is -1.80. The third-order valence-electron chi connectivity index (χ3n) is 12.8. The number of halogens is 3. The van der Waals surface area contributed by atoms with Crippen LogP contribution in [0.25, 0.3) is 10.8 Å². The quantitative estimate of drug-likeness (QED) is 0.189. The molecule has 1 aromatic carbocycles. The summed E-state index contributed by atoms with van der Waals surface area (Å²) in [6, 6.07) is -2.72. The lowest BCUT2D eigenvalue weighted by Crippen LogP contribution is -2.64. The number of methoxy groups -OCH3 is 2. The average Bonchev–Trinajstić information content (AvgIpc) is 4.11. The molecule has 2 aromatic rings. The molecule has 1 unspecified atom stereocenters. The van der Waals surface area contributed by atoms with Crippen molar-refractivity contribution in [1.82, 2.24) is 24.8 Å². The maximum absolute atomic E-state index is 17.7. The van der Waals surface area contributed by atoms with Crippen LogP contribution in [0, 0.1) is 17.8 Å². The van der Waals surface area contributed by atoms with Gasteiger partial charge in [0.25, 0.3) is 11.8 Å². The summed E-state index contributed by atoms with van der Waals surface area (Å²) in [5.74, 6) is -5.42. The smallest absolute Gasteiger partial charge is 0.408 e. The molecule has 19 heteroatoms. The molecule has 0 spiro atoms. The van der Waals surface area contributed by atoms with E-state index < -0.39 is 98.8 Å². The largest absolute Gasteiger partial charge is 0.497 e. The van der Waals surface area contributed by atoms with Gasteiger partial charge < -0.3 is 24.6 Å². The number of sulfonamides is 1. The maximum Gasteiger partial charge on any atom is 0.408 e. The molecule has 0 radical (unpaired) electrons. The number of pyridine rings is 1. The van der Waals surface area contributed by atoms with E-state index in [1.54, 1.807) is 45.1 Å². The molecule has 2 saturated carbocycles. The van der Waals surface area contributed by atoms with Crippen LogP contribution in [0.15, 0.2) is 36.4 Å². The van der Waals surface area contributed by atoms with Gasteiger partial charge in [0.05, 0.1) is 14.2 Å². The van der Waals surface area contributed by atoms with Gasteiger partial charge in [-0.15, -0.1) is 0 Å². The zero-order valence-corrected chi connectivity index (χ0v) is 35.6. The Balaban J connectivity index is 1.49. The number of benzene rings is 1. The molecular formula is C41H54F3N5O10S. The van der Waals surface area contributed by atoms with E-state index in [2.05, 4.69) is 10.3 Å². The van der Waals surface area contributed by atoms with E-state index >= 15 is 13.6 Å². The van der Waals surface area contributed by atoms with Gasteiger partial charge in [0, 0.05) is 29.8 Å². The van der Waals surface area contributed by atoms with Crippen LogP contribution in [0.5, 0.6) is 17.5 Å². The molecule has 1 aromatic heterocycles. The minimum Gasteiger partial charge on any atom is -0.497 e. The van der Waals surface area contributed by atoms with Crippen LogP contribution in [-0.4, -0.2) is 113 Å². The molecule has 60 heavy (non-hydrogen) atoms. The highest BCUT2D eigenvalue weighted by atomic mass is 32.2. The Hall–Kier alpha value is -4.81. The van der Waals surface area contributed by atoms with E-state index in [1.807, 2.05) is 11.6 Å². The Morgan fingerprint density at radius 1 is 1.13 bits per heavy atom. The van der Waals surface area contributed by atoms with Crippen molar-refractivity contribution in [2.75, 3.05) is 20.9 Å². The summed E-state index contributed by atoms with van der Waals surface area (Å²) in [5.41, 5.74) is -4.70. The van der Waals surface area contributed by atoms with Crippen molar-refractivity contribution in [3.05, 3.63) is 36.4 Å². The molecule has 4 amide bonds. The monoisotopic (exact) mass is 865 g/mol. The second-order valence-electron chi connectivity index (χ2n) is 17.1. The second kappa shape index (κ2) is 16.2. The van der Waals surface area contributed by atoms with Crippen molar-refractivity contribution in [3.63, 3.8) is 0 Å². The number of rotatable bonds is 11. The van der Waals surface area contributed by atoms with Gasteiger partial charge in [-0.1, -0.05) is 32.9 Å². The third-order valence-corrected chi connectivity index (χ3v) is 15.0. The fourth-order valence-electron chi connectivity index (χ4n) is 8.64. The minimum absolute atomic E-state index is 0.00975. The second-order valence-corrected chi connectivity index (χ2v) is 19.2. The van der Waals surface area contributed by atoms with Crippen molar-refractivity contribution in [1.29, 1.82) is 0 Å². The van der Waals surface area contributed by atoms with E-state index in [-0.39, 0.29) is 60.1 Å². The Labute approximate surface area is 347 Å². The van der Waals surface area contributed by atoms with Gasteiger partial charge in [0.15, 0.2) is 5.60 Å². The Morgan fingerprint density at radius 2 is 1.83 bits per heavy atom. The van der Waals surface area contributed by atoms with Crippen LogP contribution in [0.2, 0.25) is 0 Å². The number of amides is 4. The molecule has 15 nitrogen and oxygen atoms in total. The third kappa shape index (κ3) is 7.81. The van der Waals surface area contributed by atoms with Crippen LogP contribution in [0.1, 0.15) is 86.0 Å². The van der Waals surface area contributed by atoms with Crippen molar-refractivity contribution < 1.29 is 60.1 Å². The lowest BCUT2D eigenvalue weighted by Gasteiger charge is -2.42. The maximum atomic E-state index is 17.7. The number of nitrogens with one attached hydrogen (secondary N) is 2. The summed E-state index contributed by atoms with van der Waals surface area (Å²) in [4.78, 5) is 62.1. The Kier molecular flexibility index (Phi) is 12.1. The highest BCUT2D eigenvalue weighted by molar-refractivity contribution is 7.91. The van der Waals surface area contributed by atoms with Gasteiger partial charge >= 0.3 is 12.1 Å². The first kappa shape index (κ1) is 44.7. The number of alkyl halides is 3. The highest BCUT2D eigenvalue weighted by Crippen LogP contribution is 2.52. The van der Waals surface area contributed by atoms with Crippen molar-refractivity contribution >= 4 is 44.6 Å². The molecule has 3 fully saturated rings. The fourth-order valence-corrected chi connectivity index (χ4v) is 10.1. The molecule has 1 saturated heterocycles. The first-order valence-electron chi connectivity index (χ1n) is 20.2. The van der Waals surface area contributed by atoms with Gasteiger partial charge in [0.1, 0.15) is 34.8 Å². The standard InChI is InChI=1S/C41H54F3N5O10S/c1-8-25(4)48(37(53)54)32-24(3)17-23(2)11-9-10-12-27-20-40(27,36(52)47-60(55,56)39(22-42)15-16-39)46-33(50)30-21-38(5,41(43,44)49(30)35(32)51)59-34-29-14-13-28(57-6)18-26(29)19-31(45-34)58-7/h10,12-14,18-19,23-25,27,30,32H,8-9,11,15-17,20-22H2,1-7H3,(H,46,50)(H,47,52)(H,53,54)/b12-10-/t23-,24-,25?,27-,30+,32+,38-,40-/m1/s1. The molecule has 3 heterocycles. The topological polar surface area (TPSA) is 194 Å². The predicted octanol–water partition coefficient (Wildman–Crippen LogP) is 5.57. The molecule has 2 aliphatic carbocycles. The van der Waals surface area contributed by atoms with E-state index in [9.17, 15) is 32.3 Å². The highest BCUT2D eigenvalue weighted by Gasteiger charge is 2.71. The van der Waals surface area contributed by atoms with E-state index in [0.29, 0.717) is 24.0 Å². The molecule has 0 bridgehead atoms. The number of hydrogen-bond acceptors (Lipinski definition) is 10. The molecule has 3 N–H and O–H groups in total. The Morgan fingerprint density at radius 3 is 2.43 bits per heavy atom. The van der Waals surface area contributed by atoms with Crippen LogP contribution < -0.4 is 24.2 Å². The van der Waals surface area contributed by atoms with Gasteiger partial charge in [-0.05, 0) is 94.2 Å². The first-order valence-corrected chi connectivity index (χ1v) is 21.7. The molecule has 2 aliphatic heterocycles. The number of carbonyl (C=O) groups excluding carboxylic acids is 3. The number of aromatic nitrogens is 1. The summed E-state index contributed by atoms with van der Waals surface area (Å²) < 4.78 is 92.8. The van der Waals surface area contributed by atoms with E-state index in [1.165, 1.54) is 26.4 Å². The van der Waals surface area contributed by atoms with Crippen molar-refractivity contribution in [2.24, 2.45) is 17.8 Å². The van der Waals surface area contributed by atoms with Crippen LogP contribution in [0.4, 0.5) is 18.0 Å². The van der Waals surface area contributed by atoms with Gasteiger partial charge in [-0.25, -0.2) is 17.6 Å². The van der Waals surface area contributed by atoms with Crippen LogP contribution in [-0.2, 0) is 24.4 Å². The average molecular weight is 866 g/mol. The molecule has 330 valence electrons. The van der Waals surface area contributed by atoms with Gasteiger partial charge in [-0.2, -0.15) is 13.8 Å². The number of hydrogen-bond donors (Lipinski definition) is 3. The summed E-state index contributed by atoms with van der Waals surface area (Å²) in [5, 5.41) is 13.8. The minimum atomic E-state index is -4.56. The summed E-state index contributed by atoms with van der Waals surface area (Å²) >= 11 is 0. The summed E-state index contributed by atoms with van der Waals surface area (Å²) in [6.07, 6.45) is 2.34. The summed E-state index contributed by atoms with van der Waals surface area (Å²) in [6.45, 7) is 6.52. The number of nitrogens with zero attached hydrogens (tertiary/aromatic N) is 3. The number of ether oxygens (including phenoxy) is 3. The van der Waals surface area contributed by atoms with Gasteiger partial charge in [0.2, 0.25) is 27.7 Å². The van der Waals surface area contributed by atoms with Gasteiger partial charge in [-0.3, -0.25) is 28.9 Å². The van der Waals surface area contributed by atoms with Crippen molar-refractivity contribution in [2.45, 2.75) is 126 Å². The Bertz CT molecular complexity index is 2170. The lowest BCUT2D eigenvalue weighted by molar-refractivity contribution is -0.219.